The SMILES string of the molecule is CC.CCC(C)(C)CC(C)(C)SC. The minimum absolute atomic E-state index is 0.444. The van der Waals surface area contributed by atoms with Crippen LogP contribution in [0.3, 0.4) is 0 Å². The number of hydrogen-bond acceptors (Lipinski definition) is 1. The molecular formula is C12H28S. The maximum absolute atomic E-state index is 2.35. The first-order chi connectivity index (χ1) is 5.83. The molecule has 82 valence electrons. The lowest BCUT2D eigenvalue weighted by Gasteiger charge is -2.32. The summed E-state index contributed by atoms with van der Waals surface area (Å²) in [4.78, 5) is 0. The summed E-state index contributed by atoms with van der Waals surface area (Å²) < 4.78 is 0.444. The molecule has 0 spiro atoms. The lowest BCUT2D eigenvalue weighted by Crippen LogP contribution is -2.24. The fraction of sp³-hybridized carbons (Fsp3) is 1.00. The quantitative estimate of drug-likeness (QED) is 0.622. The molecule has 0 amide bonds. The molecule has 0 saturated heterocycles. The van der Waals surface area contributed by atoms with E-state index in [0.717, 1.165) is 0 Å². The normalized spacial score (nSPS) is 12.0. The van der Waals surface area contributed by atoms with Crippen LogP contribution >= 0.6 is 11.8 Å². The molecule has 0 bridgehead atoms. The lowest BCUT2D eigenvalue weighted by atomic mass is 9.81. The van der Waals surface area contributed by atoms with Crippen LogP contribution in [-0.4, -0.2) is 11.0 Å². The van der Waals surface area contributed by atoms with E-state index in [1.54, 1.807) is 0 Å². The van der Waals surface area contributed by atoms with Gasteiger partial charge in [0, 0.05) is 4.75 Å². The van der Waals surface area contributed by atoms with Gasteiger partial charge in [-0.15, -0.1) is 0 Å². The van der Waals surface area contributed by atoms with E-state index in [2.05, 4.69) is 40.9 Å². The Balaban J connectivity index is 0. The predicted octanol–water partition coefficient (Wildman–Crippen LogP) is 4.98. The fourth-order valence-electron chi connectivity index (χ4n) is 1.35. The molecule has 0 aliphatic rings. The van der Waals surface area contributed by atoms with Crippen molar-refractivity contribution in [2.75, 3.05) is 6.26 Å². The van der Waals surface area contributed by atoms with E-state index in [-0.39, 0.29) is 0 Å². The standard InChI is InChI=1S/C10H22S.C2H6/c1-7-9(2,3)8-10(4,5)11-6;1-2/h7-8H2,1-6H3;1-2H3. The molecule has 0 rings (SSSR count). The van der Waals surface area contributed by atoms with Crippen molar-refractivity contribution in [1.82, 2.24) is 0 Å². The molecular weight excluding hydrogens is 176 g/mol. The second-order valence-electron chi connectivity index (χ2n) is 4.66. The molecule has 0 heterocycles. The zero-order valence-corrected chi connectivity index (χ0v) is 11.6. The fourth-order valence-corrected chi connectivity index (χ4v) is 1.88. The number of hydrogen-bond donors (Lipinski definition) is 0. The van der Waals surface area contributed by atoms with Crippen molar-refractivity contribution in [3.63, 3.8) is 0 Å². The second kappa shape index (κ2) is 6.75. The van der Waals surface area contributed by atoms with Crippen LogP contribution in [0, 0.1) is 5.41 Å². The van der Waals surface area contributed by atoms with Crippen LogP contribution in [0.15, 0.2) is 0 Å². The average molecular weight is 204 g/mol. The van der Waals surface area contributed by atoms with Crippen LogP contribution in [0.4, 0.5) is 0 Å². The van der Waals surface area contributed by atoms with E-state index in [1.807, 2.05) is 25.6 Å². The summed E-state index contributed by atoms with van der Waals surface area (Å²) in [6.07, 6.45) is 4.78. The van der Waals surface area contributed by atoms with Gasteiger partial charge in [-0.05, 0) is 18.1 Å². The topological polar surface area (TPSA) is 0 Å². The Labute approximate surface area is 89.9 Å². The van der Waals surface area contributed by atoms with Gasteiger partial charge in [0.05, 0.1) is 0 Å². The molecule has 0 unspecified atom stereocenters. The van der Waals surface area contributed by atoms with Gasteiger partial charge in [0.15, 0.2) is 0 Å². The highest BCUT2D eigenvalue weighted by Gasteiger charge is 2.26. The molecule has 0 aromatic rings. The summed E-state index contributed by atoms with van der Waals surface area (Å²) in [5.41, 5.74) is 0.506. The first kappa shape index (κ1) is 15.8. The number of rotatable bonds is 4. The smallest absolute Gasteiger partial charge is 0.0106 e. The van der Waals surface area contributed by atoms with Crippen molar-refractivity contribution < 1.29 is 0 Å². The van der Waals surface area contributed by atoms with Crippen LogP contribution in [0.25, 0.3) is 0 Å². The average Bonchev–Trinajstić information content (AvgIpc) is 2.07. The molecule has 0 aromatic heterocycles. The van der Waals surface area contributed by atoms with E-state index in [0.29, 0.717) is 10.2 Å². The van der Waals surface area contributed by atoms with Crippen molar-refractivity contribution in [1.29, 1.82) is 0 Å². The molecule has 0 N–H and O–H groups in total. The molecule has 0 aliphatic carbocycles. The van der Waals surface area contributed by atoms with Crippen LogP contribution in [-0.2, 0) is 0 Å². The van der Waals surface area contributed by atoms with Gasteiger partial charge in [0.2, 0.25) is 0 Å². The Hall–Kier alpha value is 0.350. The highest BCUT2D eigenvalue weighted by molar-refractivity contribution is 7.99. The van der Waals surface area contributed by atoms with Gasteiger partial charge < -0.3 is 0 Å². The highest BCUT2D eigenvalue weighted by Crippen LogP contribution is 2.37. The summed E-state index contributed by atoms with van der Waals surface area (Å²) in [6.45, 7) is 15.6. The van der Waals surface area contributed by atoms with Gasteiger partial charge in [-0.3, -0.25) is 0 Å². The van der Waals surface area contributed by atoms with E-state index in [1.165, 1.54) is 12.8 Å². The van der Waals surface area contributed by atoms with Crippen LogP contribution < -0.4 is 0 Å². The summed E-state index contributed by atoms with van der Waals surface area (Å²) in [5, 5.41) is 0. The zero-order chi connectivity index (χ0) is 11.1. The summed E-state index contributed by atoms with van der Waals surface area (Å²) in [6, 6.07) is 0. The first-order valence-corrected chi connectivity index (χ1v) is 6.60. The van der Waals surface area contributed by atoms with Gasteiger partial charge >= 0.3 is 0 Å². The van der Waals surface area contributed by atoms with Crippen LogP contribution in [0.2, 0.25) is 0 Å². The Bertz CT molecular complexity index is 100. The van der Waals surface area contributed by atoms with E-state index < -0.39 is 0 Å². The largest absolute Gasteiger partial charge is 0.159 e. The molecule has 1 heteroatoms. The minimum atomic E-state index is 0.444. The molecule has 0 aliphatic heterocycles. The second-order valence-corrected chi connectivity index (χ2v) is 6.17. The molecule has 0 atom stereocenters. The minimum Gasteiger partial charge on any atom is -0.159 e. The third-order valence-corrected chi connectivity index (χ3v) is 3.66. The Kier molecular flexibility index (Phi) is 8.21. The number of thioether (sulfide) groups is 1. The van der Waals surface area contributed by atoms with Gasteiger partial charge in [-0.1, -0.05) is 54.9 Å². The van der Waals surface area contributed by atoms with E-state index in [4.69, 9.17) is 0 Å². The van der Waals surface area contributed by atoms with Gasteiger partial charge in [-0.2, -0.15) is 11.8 Å². The van der Waals surface area contributed by atoms with Crippen molar-refractivity contribution in [2.45, 2.75) is 66.1 Å². The highest BCUT2D eigenvalue weighted by atomic mass is 32.2. The zero-order valence-electron chi connectivity index (χ0n) is 10.8. The monoisotopic (exact) mass is 204 g/mol. The van der Waals surface area contributed by atoms with Gasteiger partial charge in [-0.25, -0.2) is 0 Å². The summed E-state index contributed by atoms with van der Waals surface area (Å²) in [7, 11) is 0. The first-order valence-electron chi connectivity index (χ1n) is 5.38. The van der Waals surface area contributed by atoms with Crippen LogP contribution in [0.1, 0.15) is 61.3 Å². The molecule has 0 fully saturated rings. The van der Waals surface area contributed by atoms with E-state index in [9.17, 15) is 0 Å². The Morgan fingerprint density at radius 2 is 1.38 bits per heavy atom. The molecule has 0 aromatic carbocycles. The summed E-state index contributed by atoms with van der Waals surface area (Å²) in [5.74, 6) is 0. The maximum Gasteiger partial charge on any atom is 0.0106 e. The van der Waals surface area contributed by atoms with Crippen LogP contribution in [0.5, 0.6) is 0 Å². The molecule has 0 nitrogen and oxygen atoms in total. The van der Waals surface area contributed by atoms with Crippen molar-refractivity contribution in [2.24, 2.45) is 5.41 Å². The van der Waals surface area contributed by atoms with Gasteiger partial charge in [0.1, 0.15) is 0 Å². The van der Waals surface area contributed by atoms with Crippen molar-refractivity contribution >= 4 is 11.8 Å². The van der Waals surface area contributed by atoms with Crippen molar-refractivity contribution in [3.8, 4) is 0 Å². The molecule has 0 saturated carbocycles. The lowest BCUT2D eigenvalue weighted by molar-refractivity contribution is 0.292. The summed E-state index contributed by atoms with van der Waals surface area (Å²) >= 11 is 1.97. The molecule has 13 heavy (non-hydrogen) atoms. The van der Waals surface area contributed by atoms with Gasteiger partial charge in [0.25, 0.3) is 0 Å². The maximum atomic E-state index is 2.35. The van der Waals surface area contributed by atoms with Crippen molar-refractivity contribution in [3.05, 3.63) is 0 Å². The third-order valence-electron chi connectivity index (χ3n) is 2.41. The Morgan fingerprint density at radius 3 is 1.62 bits per heavy atom. The van der Waals surface area contributed by atoms with E-state index >= 15 is 0 Å². The third kappa shape index (κ3) is 8.67. The molecule has 0 radical (unpaired) electrons. The Morgan fingerprint density at radius 1 is 1.00 bits per heavy atom. The predicted molar refractivity (Wildman–Crippen MR) is 67.6 cm³/mol.